The van der Waals surface area contributed by atoms with Crippen LogP contribution in [0.5, 0.6) is 0 Å². The van der Waals surface area contributed by atoms with Crippen LogP contribution < -0.4 is 32.3 Å². The third-order valence-corrected chi connectivity index (χ3v) is 16.7. The molecule has 0 atom stereocenters. The lowest BCUT2D eigenvalue weighted by molar-refractivity contribution is -0.112. The molecule has 6 fully saturated rings. The van der Waals surface area contributed by atoms with Crippen molar-refractivity contribution >= 4 is 119 Å². The Bertz CT molecular complexity index is 3740. The molecule has 0 aliphatic heterocycles. The maximum atomic E-state index is 13.2. The number of carbonyl (C=O) groups is 4. The fourth-order valence-electron chi connectivity index (χ4n) is 12.2. The molecule has 4 heterocycles. The van der Waals surface area contributed by atoms with Crippen molar-refractivity contribution in [3.8, 4) is 22.5 Å². The zero-order valence-electron chi connectivity index (χ0n) is 45.8. The molecule has 83 heavy (non-hydrogen) atoms. The van der Waals surface area contributed by atoms with Gasteiger partial charge < -0.3 is 47.2 Å². The topological polar surface area (TPSA) is 241 Å². The second-order valence-electron chi connectivity index (χ2n) is 22.2. The van der Waals surface area contributed by atoms with Crippen LogP contribution in [0.2, 0.25) is 10.0 Å². The molecule has 0 saturated heterocycles. The predicted octanol–water partition coefficient (Wildman–Crippen LogP) is 12.5. The molecule has 14 rings (SSSR count). The van der Waals surface area contributed by atoms with Gasteiger partial charge in [-0.05, 0) is 157 Å². The van der Waals surface area contributed by atoms with E-state index in [4.69, 9.17) is 50.5 Å². The number of aromatic nitrogens is 6. The van der Waals surface area contributed by atoms with Gasteiger partial charge in [0.2, 0.25) is 23.0 Å². The molecule has 9 N–H and O–H groups in total. The fraction of sp³-hybridized carbons (Fsp3) is 0.290. The lowest BCUT2D eigenvalue weighted by Gasteiger charge is -2.61. The summed E-state index contributed by atoms with van der Waals surface area (Å²) in [7, 11) is 3.88. The van der Waals surface area contributed by atoms with E-state index in [2.05, 4.69) is 68.5 Å². The number of hydrogen-bond acceptors (Lipinski definition) is 12. The molecule has 4 aromatic carbocycles. The third kappa shape index (κ3) is 13.7. The number of aromatic amines is 2. The van der Waals surface area contributed by atoms with E-state index in [1.165, 1.54) is 12.2 Å². The van der Waals surface area contributed by atoms with Gasteiger partial charge in [0.25, 0.3) is 11.8 Å². The highest BCUT2D eigenvalue weighted by atomic mass is 79.9. The summed E-state index contributed by atoms with van der Waals surface area (Å²) in [4.78, 5) is 75.1. The molecule has 4 aromatic heterocycles. The molecule has 6 saturated carbocycles. The quantitative estimate of drug-likeness (QED) is 0.0195. The van der Waals surface area contributed by atoms with Crippen LogP contribution in [0.4, 0.5) is 23.3 Å². The molecule has 4 bridgehead atoms. The number of nitrogens with two attached hydrogens (primary N) is 1. The molecule has 6 aliphatic rings. The molecule has 3 amide bonds. The van der Waals surface area contributed by atoms with Gasteiger partial charge in [-0.15, -0.1) is 0 Å². The van der Waals surface area contributed by atoms with Crippen LogP contribution in [0.15, 0.2) is 146 Å². The standard InChI is InChI=1S/C32H34ClN7O2.C26H25ClN6O.C4H4BrClO/c1-40(2)16-5-9-27(41)36-22-12-10-21(11-13-22)29(42)38-31-14-6-15-32(19-31,20-31)39-30-35-18-25(33)28(37-30)24-17-34-26-8-4-3-7-23(24)26;27-20-13-30-24(31-22(20)19-12-29-21-5-2-1-4-18(19)21)33-26-11-3-10-25(14-26,15-26)32-23(34)16-6-8-17(28)9-7-16;5-3-1-2-4(6)7/h3-5,7-13,17-18,34H,6,14-16,19-20H2,1-2H3,(H,36,41)(H,38,42)(H,35,37,39);1-2,4-9,12-13,29H,3,10-11,14-15,28H2,(H,32,34)(H,30,31,33);1-2H,3H2/b9-5+;;2-1+. The summed E-state index contributed by atoms with van der Waals surface area (Å²) < 4.78 is 0. The van der Waals surface area contributed by atoms with E-state index in [1.807, 2.05) is 73.9 Å². The van der Waals surface area contributed by atoms with Gasteiger partial charge in [-0.25, -0.2) is 19.9 Å². The highest BCUT2D eigenvalue weighted by molar-refractivity contribution is 9.09. The minimum Gasteiger partial charge on any atom is -0.399 e. The van der Waals surface area contributed by atoms with E-state index in [0.29, 0.717) is 67.7 Å². The number of H-pyrrole nitrogens is 2. The molecule has 17 nitrogen and oxygen atoms in total. The first-order valence-corrected chi connectivity index (χ1v) is 29.6. The van der Waals surface area contributed by atoms with E-state index in [0.717, 1.165) is 97.1 Å². The number of hydrogen-bond donors (Lipinski definition) is 8. The number of anilines is 4. The number of para-hydroxylation sites is 2. The van der Waals surface area contributed by atoms with Gasteiger partial charge in [-0.1, -0.05) is 87.7 Å². The van der Waals surface area contributed by atoms with Gasteiger partial charge in [-0.3, -0.25) is 19.2 Å². The predicted molar refractivity (Wildman–Crippen MR) is 335 cm³/mol. The van der Waals surface area contributed by atoms with Crippen molar-refractivity contribution < 1.29 is 19.2 Å². The van der Waals surface area contributed by atoms with Crippen molar-refractivity contribution in [2.75, 3.05) is 47.7 Å². The Labute approximate surface area is 504 Å². The Morgan fingerprint density at radius 3 is 1.54 bits per heavy atom. The van der Waals surface area contributed by atoms with Crippen LogP contribution >= 0.6 is 50.7 Å². The van der Waals surface area contributed by atoms with E-state index >= 15 is 0 Å². The number of nitrogens with zero attached hydrogens (tertiary/aromatic N) is 5. The number of allylic oxidation sites excluding steroid dienone is 2. The minimum absolute atomic E-state index is 0.0557. The maximum absolute atomic E-state index is 13.2. The zero-order chi connectivity index (χ0) is 58.4. The molecule has 8 aromatic rings. The van der Waals surface area contributed by atoms with Crippen LogP contribution in [-0.4, -0.2) is 106 Å². The first-order chi connectivity index (χ1) is 39.9. The Balaban J connectivity index is 0.000000169. The normalized spacial score (nSPS) is 21.2. The van der Waals surface area contributed by atoms with Crippen LogP contribution in [0.3, 0.4) is 0 Å². The van der Waals surface area contributed by atoms with Gasteiger partial charge in [-0.2, -0.15) is 0 Å². The summed E-state index contributed by atoms with van der Waals surface area (Å²) in [5.41, 5.74) is 12.8. The van der Waals surface area contributed by atoms with Gasteiger partial charge in [0.1, 0.15) is 0 Å². The van der Waals surface area contributed by atoms with E-state index in [-0.39, 0.29) is 39.9 Å². The van der Waals surface area contributed by atoms with Gasteiger partial charge in [0.05, 0.1) is 33.8 Å². The third-order valence-electron chi connectivity index (χ3n) is 15.7. The summed E-state index contributed by atoms with van der Waals surface area (Å²) >= 11 is 21.0. The average molecular weight is 1240 g/mol. The van der Waals surface area contributed by atoms with Crippen LogP contribution in [-0.2, 0) is 9.59 Å². The van der Waals surface area contributed by atoms with Crippen molar-refractivity contribution in [3.05, 3.63) is 167 Å². The van der Waals surface area contributed by atoms with Crippen molar-refractivity contribution in [2.45, 2.75) is 86.4 Å². The number of fused-ring (bicyclic) bond motifs is 6. The highest BCUT2D eigenvalue weighted by Crippen LogP contribution is 2.55. The Morgan fingerprint density at radius 2 is 1.10 bits per heavy atom. The lowest BCUT2D eigenvalue weighted by Crippen LogP contribution is -2.70. The molecular weight excluding hydrogens is 1180 g/mol. The average Bonchev–Trinajstić information content (AvgIpc) is 3.55. The van der Waals surface area contributed by atoms with Crippen LogP contribution in [0.1, 0.15) is 84.9 Å². The number of alkyl halides is 1. The van der Waals surface area contributed by atoms with E-state index in [1.54, 1.807) is 73.1 Å². The summed E-state index contributed by atoms with van der Waals surface area (Å²) in [5.74, 6) is 0.728. The summed E-state index contributed by atoms with van der Waals surface area (Å²) in [6, 6.07) is 30.2. The van der Waals surface area contributed by atoms with Crippen LogP contribution in [0.25, 0.3) is 44.3 Å². The number of nitrogens with one attached hydrogen (secondary N) is 7. The zero-order valence-corrected chi connectivity index (χ0v) is 49.7. The van der Waals surface area contributed by atoms with Gasteiger partial charge >= 0.3 is 0 Å². The molecule has 428 valence electrons. The maximum Gasteiger partial charge on any atom is 0.251 e. The lowest BCUT2D eigenvalue weighted by atomic mass is 9.54. The molecule has 21 heteroatoms. The molecular formula is C62H63BrCl3N13O4. The summed E-state index contributed by atoms with van der Waals surface area (Å²) in [6.07, 6.45) is 22.6. The molecule has 6 aliphatic carbocycles. The number of rotatable bonds is 16. The van der Waals surface area contributed by atoms with E-state index < -0.39 is 5.24 Å². The number of likely N-dealkylation sites (N-methyl/N-ethyl adjacent to an activating group) is 1. The smallest absolute Gasteiger partial charge is 0.251 e. The van der Waals surface area contributed by atoms with Crippen molar-refractivity contribution in [1.29, 1.82) is 0 Å². The molecule has 0 radical (unpaired) electrons. The van der Waals surface area contributed by atoms with Gasteiger partial charge in [0, 0.05) is 108 Å². The van der Waals surface area contributed by atoms with Crippen molar-refractivity contribution in [3.63, 3.8) is 0 Å². The Hall–Kier alpha value is -7.61. The first-order valence-electron chi connectivity index (χ1n) is 27.3. The van der Waals surface area contributed by atoms with E-state index in [9.17, 15) is 19.2 Å². The number of nitrogen functional groups attached to an aromatic ring is 1. The Kier molecular flexibility index (Phi) is 17.7. The molecule has 0 spiro atoms. The fourth-order valence-corrected chi connectivity index (χ4v) is 12.9. The SMILES string of the molecule is CN(C)C/C=C/C(=O)Nc1ccc(C(=O)NC23CCCC(Nc4ncc(Cl)c(-c5c[nH]c6ccccc56)n4)(C2)C3)cc1.Nc1ccc(C(=O)NC23CCCC(Nc4ncc(Cl)c(-c5c[nH]c6ccccc56)n4)(C2)C3)cc1.O=C(Cl)/C=C/CBr. The number of amides is 3. The minimum atomic E-state index is -0.431. The van der Waals surface area contributed by atoms with Crippen molar-refractivity contribution in [2.24, 2.45) is 0 Å². The van der Waals surface area contributed by atoms with Crippen molar-refractivity contribution in [1.82, 2.24) is 45.4 Å². The summed E-state index contributed by atoms with van der Waals surface area (Å²) in [5, 5.41) is 20.0. The highest BCUT2D eigenvalue weighted by Gasteiger charge is 2.59. The van der Waals surface area contributed by atoms with Crippen LogP contribution in [0, 0.1) is 0 Å². The number of halogens is 4. The number of carbonyl (C=O) groups excluding carboxylic acids is 4. The summed E-state index contributed by atoms with van der Waals surface area (Å²) in [6.45, 7) is 0.684. The largest absolute Gasteiger partial charge is 0.399 e. The number of benzene rings is 4. The molecule has 0 unspecified atom stereocenters. The second-order valence-corrected chi connectivity index (χ2v) is 24.0. The first kappa shape index (κ1) is 58.6. The van der Waals surface area contributed by atoms with Gasteiger partial charge in [0.15, 0.2) is 0 Å². The Morgan fingerprint density at radius 1 is 0.639 bits per heavy atom. The monoisotopic (exact) mass is 1240 g/mol. The second kappa shape index (κ2) is 25.1.